The van der Waals surface area contributed by atoms with Gasteiger partial charge < -0.3 is 19.5 Å². The van der Waals surface area contributed by atoms with Gasteiger partial charge in [-0.1, -0.05) is 19.4 Å². The zero-order valence-corrected chi connectivity index (χ0v) is 26.0. The summed E-state index contributed by atoms with van der Waals surface area (Å²) in [6.45, 7) is 5.46. The lowest BCUT2D eigenvalue weighted by Crippen LogP contribution is -2.49. The van der Waals surface area contributed by atoms with Crippen LogP contribution in [0.5, 0.6) is 0 Å². The highest BCUT2D eigenvalue weighted by Crippen LogP contribution is 3.02. The number of aromatic nitrogens is 4. The van der Waals surface area contributed by atoms with Gasteiger partial charge in [-0.3, -0.25) is 9.59 Å². The van der Waals surface area contributed by atoms with E-state index >= 15 is 0 Å². The molecule has 240 valence electrons. The molecule has 0 bridgehead atoms. The van der Waals surface area contributed by atoms with Gasteiger partial charge in [0.1, 0.15) is 22.9 Å². The van der Waals surface area contributed by atoms with E-state index < -0.39 is 61.7 Å². The molecule has 3 heterocycles. The van der Waals surface area contributed by atoms with Gasteiger partial charge in [-0.2, -0.15) is 9.50 Å². The molecule has 0 radical (unpaired) electrons. The Morgan fingerprint density at radius 1 is 1.16 bits per heavy atom. The van der Waals surface area contributed by atoms with Crippen molar-refractivity contribution in [1.29, 1.82) is 0 Å². The Kier molecular flexibility index (Phi) is 6.23. The first-order valence-electron chi connectivity index (χ1n) is 13.6. The lowest BCUT2D eigenvalue weighted by Gasteiger charge is -2.41. The number of piperidine rings is 1. The number of nitrogens with one attached hydrogen (secondary N) is 1. The van der Waals surface area contributed by atoms with E-state index in [1.165, 1.54) is 4.57 Å². The summed E-state index contributed by atoms with van der Waals surface area (Å²) in [4.78, 5) is 43.1. The largest absolute Gasteiger partial charge is 0.444 e. The third kappa shape index (κ3) is 5.22. The fourth-order valence-electron chi connectivity index (χ4n) is 6.56. The molecule has 0 unspecified atom stereocenters. The maximum absolute atomic E-state index is 14.5. The molecule has 3 aromatic rings. The minimum Gasteiger partial charge on any atom is -0.444 e. The normalized spacial score (nSPS) is 22.3. The second-order valence-electron chi connectivity index (χ2n) is 12.5. The number of nitrogens with zero attached hydrogens (tertiary/aromatic N) is 5. The summed E-state index contributed by atoms with van der Waals surface area (Å²) in [6, 6.07) is 0.0710. The molecule has 1 saturated carbocycles. The summed E-state index contributed by atoms with van der Waals surface area (Å²) in [5, 5.41) is 6.28. The number of ether oxygens (including phenoxy) is 1. The van der Waals surface area contributed by atoms with E-state index in [1.54, 1.807) is 25.7 Å². The summed E-state index contributed by atoms with van der Waals surface area (Å²) < 4.78 is 88.1. The Hall–Kier alpha value is -3.28. The number of hydrogen-bond donors (Lipinski definition) is 1. The van der Waals surface area contributed by atoms with Crippen LogP contribution in [0.15, 0.2) is 32.6 Å². The molecular formula is C26H27BrF6N6O4S. The van der Waals surface area contributed by atoms with Crippen LogP contribution in [-0.2, 0) is 21.5 Å². The highest BCUT2D eigenvalue weighted by atomic mass is 79.9. The zero-order valence-electron chi connectivity index (χ0n) is 23.6. The lowest BCUT2D eigenvalue weighted by atomic mass is 9.71. The summed E-state index contributed by atoms with van der Waals surface area (Å²) in [7, 11) is -10.1. The molecule has 18 heteroatoms. The maximum Gasteiger partial charge on any atom is 0.410 e. The van der Waals surface area contributed by atoms with Gasteiger partial charge in [0, 0.05) is 35.7 Å². The van der Waals surface area contributed by atoms with Crippen molar-refractivity contribution in [2.24, 2.45) is 5.92 Å². The van der Waals surface area contributed by atoms with Gasteiger partial charge in [-0.05, 0) is 80.1 Å². The van der Waals surface area contributed by atoms with Crippen molar-refractivity contribution >= 4 is 49.6 Å². The number of likely N-dealkylation sites (tertiary alicyclic amines) is 1. The van der Waals surface area contributed by atoms with Crippen LogP contribution in [0.1, 0.15) is 57.2 Å². The topological polar surface area (TPSA) is 111 Å². The van der Waals surface area contributed by atoms with Gasteiger partial charge in [-0.15, -0.1) is 5.10 Å². The Balaban J connectivity index is 1.33. The predicted octanol–water partition coefficient (Wildman–Crippen LogP) is 6.47. The monoisotopic (exact) mass is 712 g/mol. The van der Waals surface area contributed by atoms with Crippen molar-refractivity contribution in [2.75, 3.05) is 18.4 Å². The Morgan fingerprint density at radius 2 is 1.82 bits per heavy atom. The minimum atomic E-state index is -10.1. The van der Waals surface area contributed by atoms with E-state index in [4.69, 9.17) is 4.74 Å². The van der Waals surface area contributed by atoms with Crippen molar-refractivity contribution < 1.29 is 38.1 Å². The smallest absolute Gasteiger partial charge is 0.410 e. The van der Waals surface area contributed by atoms with Gasteiger partial charge >= 0.3 is 16.3 Å². The van der Waals surface area contributed by atoms with E-state index in [0.29, 0.717) is 43.3 Å². The van der Waals surface area contributed by atoms with Crippen LogP contribution >= 0.6 is 26.2 Å². The van der Waals surface area contributed by atoms with Crippen LogP contribution in [0.4, 0.5) is 34.3 Å². The van der Waals surface area contributed by atoms with E-state index in [0.717, 1.165) is 10.9 Å². The van der Waals surface area contributed by atoms with Gasteiger partial charge in [0.15, 0.2) is 0 Å². The zero-order chi connectivity index (χ0) is 32.3. The predicted molar refractivity (Wildman–Crippen MR) is 151 cm³/mol. The van der Waals surface area contributed by atoms with E-state index in [9.17, 15) is 38.2 Å². The van der Waals surface area contributed by atoms with Crippen LogP contribution in [0.25, 0.3) is 5.78 Å². The van der Waals surface area contributed by atoms with Crippen LogP contribution < -0.4 is 10.9 Å². The molecule has 2 aliphatic carbocycles. The van der Waals surface area contributed by atoms with Crippen LogP contribution in [-0.4, -0.2) is 54.8 Å². The lowest BCUT2D eigenvalue weighted by molar-refractivity contribution is -0.116. The number of carbonyl (C=O) groups excluding carboxylic acids is 2. The molecule has 3 aliphatic rings. The molecule has 2 atom stereocenters. The van der Waals surface area contributed by atoms with E-state index in [2.05, 4.69) is 31.3 Å². The minimum absolute atomic E-state index is 0.00729. The molecule has 44 heavy (non-hydrogen) atoms. The molecule has 1 aliphatic heterocycles. The molecule has 2 aromatic heterocycles. The van der Waals surface area contributed by atoms with Crippen LogP contribution in [0.2, 0.25) is 0 Å². The van der Waals surface area contributed by atoms with E-state index in [1.807, 2.05) is 0 Å². The number of hydrogen-bond acceptors (Lipinski definition) is 6. The van der Waals surface area contributed by atoms with Gasteiger partial charge in [0.25, 0.3) is 5.56 Å². The summed E-state index contributed by atoms with van der Waals surface area (Å²) in [5.41, 5.74) is -1.41. The summed E-state index contributed by atoms with van der Waals surface area (Å²) >= 11 is 3.15. The Labute approximate surface area is 254 Å². The van der Waals surface area contributed by atoms with Crippen molar-refractivity contribution in [1.82, 2.24) is 24.1 Å². The summed E-state index contributed by atoms with van der Waals surface area (Å²) in [6.07, 6.45) is 1.19. The third-order valence-corrected chi connectivity index (χ3v) is 9.86. The van der Waals surface area contributed by atoms with Crippen molar-refractivity contribution in [3.05, 3.63) is 50.4 Å². The number of amides is 2. The molecular weight excluding hydrogens is 686 g/mol. The second kappa shape index (κ2) is 8.92. The Morgan fingerprint density at radius 3 is 2.41 bits per heavy atom. The number of halogens is 7. The fourth-order valence-corrected chi connectivity index (χ4v) is 7.53. The van der Waals surface area contributed by atoms with Crippen LogP contribution in [0, 0.1) is 11.7 Å². The number of fused-ring (bicyclic) bond motifs is 6. The van der Waals surface area contributed by atoms with Gasteiger partial charge in [0.2, 0.25) is 16.4 Å². The molecule has 6 rings (SSSR count). The molecule has 1 aromatic carbocycles. The quantitative estimate of drug-likeness (QED) is 0.311. The number of benzene rings is 1. The van der Waals surface area contributed by atoms with Crippen molar-refractivity contribution in [2.45, 2.75) is 68.4 Å². The van der Waals surface area contributed by atoms with Crippen LogP contribution in [0.3, 0.4) is 0 Å². The number of anilines is 1. The second-order valence-corrected chi connectivity index (χ2v) is 15.6. The van der Waals surface area contributed by atoms with Crippen molar-refractivity contribution in [3.63, 3.8) is 0 Å². The molecule has 1 N–H and O–H groups in total. The number of rotatable bonds is 4. The molecule has 2 amide bonds. The maximum atomic E-state index is 14.5. The highest BCUT2D eigenvalue weighted by Gasteiger charge is 2.66. The average Bonchev–Trinajstić information content (AvgIpc) is 3.51. The fraction of sp³-hybridized carbons (Fsp3) is 0.500. The first kappa shape index (κ1) is 30.7. The number of carbonyl (C=O) groups is 2. The molecule has 2 fully saturated rings. The highest BCUT2D eigenvalue weighted by molar-refractivity contribution is 9.10. The van der Waals surface area contributed by atoms with Gasteiger partial charge in [0.05, 0.1) is 5.69 Å². The van der Waals surface area contributed by atoms with Crippen molar-refractivity contribution in [3.8, 4) is 0 Å². The molecule has 1 saturated heterocycles. The third-order valence-electron chi connectivity index (χ3n) is 8.38. The first-order valence-corrected chi connectivity index (χ1v) is 16.3. The molecule has 10 nitrogen and oxygen atoms in total. The SMILES string of the molecule is CC(C)(C)OC(=O)N1CCC2(CC1)c1c(n(CC(=O)Nc3ccc(S(F)(F)(F)(F)F)cc3F)c3nc(Br)nn3c1=O)[C@H]1C[C@H]12. The Bertz CT molecular complexity index is 1820. The standard InChI is InChI=1S/C26H27BrF6N6O4S/c1-25(2,3)43-24(42)37-8-6-26(7-9-37)15-11-14(15)20-19(26)21(41)39-23(35-22(27)36-39)38(20)12-18(40)34-17-5-4-13(10-16(17)28)44(29,30,31,32)33/h4-5,10,14-15H,6-9,11-12H2,1-3H3,(H,34,40)/t14-,15+/m0/s1. The molecule has 1 spiro atoms. The summed E-state index contributed by atoms with van der Waals surface area (Å²) in [5.74, 6) is -2.61. The average molecular weight is 713 g/mol. The van der Waals surface area contributed by atoms with Gasteiger partial charge in [-0.25, -0.2) is 9.18 Å². The van der Waals surface area contributed by atoms with E-state index in [-0.39, 0.29) is 34.5 Å². The first-order chi connectivity index (χ1) is 20.1.